The zero-order chi connectivity index (χ0) is 53.5. The third-order valence-corrected chi connectivity index (χ3v) is 16.1. The van der Waals surface area contributed by atoms with Gasteiger partial charge < -0.3 is 37.4 Å². The summed E-state index contributed by atoms with van der Waals surface area (Å²) in [4.78, 5) is 0. The minimum Gasteiger partial charge on any atom is -0.490 e. The summed E-state index contributed by atoms with van der Waals surface area (Å²) in [6.45, 7) is 2.07. The highest BCUT2D eigenvalue weighted by Crippen LogP contribution is 2.52. The van der Waals surface area contributed by atoms with Crippen molar-refractivity contribution in [2.75, 3.05) is 26.4 Å². The lowest BCUT2D eigenvalue weighted by molar-refractivity contribution is 0.202. The number of ether oxygens (including phenoxy) is 2. The number of aliphatic hydroxyl groups excluding tert-OH is 2. The fourth-order valence-corrected chi connectivity index (χ4v) is 12.1. The fourth-order valence-electron chi connectivity index (χ4n) is 12.1. The van der Waals surface area contributed by atoms with Gasteiger partial charge in [-0.1, -0.05) is 127 Å². The Bertz CT molecular complexity index is 4340. The van der Waals surface area contributed by atoms with Crippen LogP contribution in [0.5, 0.6) is 11.5 Å². The average molecular weight is 1040 g/mol. The number of fused-ring (bicyclic) bond motifs is 12. The second kappa shape index (κ2) is 19.0. The molecule has 0 fully saturated rings. The van der Waals surface area contributed by atoms with Crippen LogP contribution in [-0.2, 0) is 5.41 Å². The van der Waals surface area contributed by atoms with E-state index in [9.17, 15) is 10.2 Å². The third-order valence-electron chi connectivity index (χ3n) is 16.1. The quantitative estimate of drug-likeness (QED) is 0.110. The first-order valence-corrected chi connectivity index (χ1v) is 27.0. The second-order valence-electron chi connectivity index (χ2n) is 20.7. The SMILES string of the molecule is CC(c1ccccc1)(c1cc(-c2ccc3oc4ccccc4c3c2)c(OCCO)c(-c2ccc3oc4ccccc4c3c2)c1)c1cc(-c2ccc3oc4ccccc4c3c2)c(OCCO)c(-c2ccc3oc4ccccc4c3c2)c1. The van der Waals surface area contributed by atoms with Crippen LogP contribution in [0, 0.1) is 0 Å². The van der Waals surface area contributed by atoms with Gasteiger partial charge in [0, 0.05) is 70.8 Å². The number of hydrogen-bond acceptors (Lipinski definition) is 8. The van der Waals surface area contributed by atoms with Gasteiger partial charge in [0.2, 0.25) is 0 Å². The van der Waals surface area contributed by atoms with Gasteiger partial charge in [0.15, 0.2) is 0 Å². The molecule has 8 heteroatoms. The first kappa shape index (κ1) is 47.4. The summed E-state index contributed by atoms with van der Waals surface area (Å²) in [6, 6.07) is 77.5. The lowest BCUT2D eigenvalue weighted by Gasteiger charge is -2.35. The molecule has 4 heterocycles. The first-order chi connectivity index (χ1) is 39.4. The number of benzene rings is 11. The van der Waals surface area contributed by atoms with Gasteiger partial charge in [0.25, 0.3) is 0 Å². The molecule has 386 valence electrons. The van der Waals surface area contributed by atoms with Gasteiger partial charge in [-0.2, -0.15) is 0 Å². The number of aliphatic hydroxyl groups is 2. The van der Waals surface area contributed by atoms with Crippen molar-refractivity contribution >= 4 is 87.8 Å². The van der Waals surface area contributed by atoms with E-state index >= 15 is 0 Å². The molecule has 0 unspecified atom stereocenters. The van der Waals surface area contributed by atoms with Crippen molar-refractivity contribution in [1.29, 1.82) is 0 Å². The Balaban J connectivity index is 1.05. The second-order valence-corrected chi connectivity index (χ2v) is 20.7. The molecule has 0 atom stereocenters. The molecule has 0 aliphatic rings. The van der Waals surface area contributed by atoms with Crippen LogP contribution < -0.4 is 9.47 Å². The summed E-state index contributed by atoms with van der Waals surface area (Å²) >= 11 is 0. The van der Waals surface area contributed by atoms with Gasteiger partial charge >= 0.3 is 0 Å². The molecule has 0 aliphatic carbocycles. The van der Waals surface area contributed by atoms with Crippen LogP contribution in [-0.4, -0.2) is 36.6 Å². The third kappa shape index (κ3) is 7.67. The molecule has 15 aromatic rings. The van der Waals surface area contributed by atoms with Crippen molar-refractivity contribution in [1.82, 2.24) is 0 Å². The Kier molecular flexibility index (Phi) is 11.2. The van der Waals surface area contributed by atoms with Gasteiger partial charge in [-0.15, -0.1) is 0 Å². The molecule has 8 nitrogen and oxygen atoms in total. The van der Waals surface area contributed by atoms with Crippen LogP contribution in [0.2, 0.25) is 0 Å². The number of hydrogen-bond donors (Lipinski definition) is 2. The minimum absolute atomic E-state index is 0.0671. The van der Waals surface area contributed by atoms with Crippen molar-refractivity contribution in [3.05, 3.63) is 241 Å². The van der Waals surface area contributed by atoms with Crippen molar-refractivity contribution in [2.45, 2.75) is 12.3 Å². The summed E-state index contributed by atoms with van der Waals surface area (Å²) in [7, 11) is 0. The number of rotatable bonds is 13. The maximum atomic E-state index is 10.5. The van der Waals surface area contributed by atoms with E-state index < -0.39 is 5.41 Å². The van der Waals surface area contributed by atoms with E-state index in [4.69, 9.17) is 27.1 Å². The standard InChI is InChI=1S/C72H50O8/c1-72(47-13-3-2-4-14-47,48-39-54(43-23-27-66-58(35-43)50-15-5-9-19-62(50)77-66)70(75-33-31-73)55(40-48)44-24-28-67-59(36-44)51-16-6-10-20-63(51)78-67)49-41-56(45-25-29-68-60(37-45)52-17-7-11-21-64(52)79-68)71(76-34-32-74)57(42-49)46-26-30-69-61(38-46)53-18-8-12-22-65(53)80-69/h2-30,35-42,73-74H,31-34H2,1H3. The van der Waals surface area contributed by atoms with Crippen LogP contribution in [0.4, 0.5) is 0 Å². The number of para-hydroxylation sites is 4. The fraction of sp³-hybridized carbons (Fsp3) is 0.0833. The molecule has 0 saturated carbocycles. The predicted molar refractivity (Wildman–Crippen MR) is 321 cm³/mol. The van der Waals surface area contributed by atoms with E-state index in [-0.39, 0.29) is 26.4 Å². The van der Waals surface area contributed by atoms with Crippen LogP contribution in [0.3, 0.4) is 0 Å². The van der Waals surface area contributed by atoms with E-state index in [0.29, 0.717) is 11.5 Å². The van der Waals surface area contributed by atoms with Crippen LogP contribution in [0.15, 0.2) is 242 Å². The lowest BCUT2D eigenvalue weighted by Crippen LogP contribution is -2.26. The molecule has 0 radical (unpaired) electrons. The van der Waals surface area contributed by atoms with Crippen LogP contribution >= 0.6 is 0 Å². The smallest absolute Gasteiger partial charge is 0.135 e. The topological polar surface area (TPSA) is 111 Å². The molecule has 2 N–H and O–H groups in total. The Morgan fingerprint density at radius 2 is 0.575 bits per heavy atom. The maximum absolute atomic E-state index is 10.5. The van der Waals surface area contributed by atoms with Gasteiger partial charge in [-0.3, -0.25) is 0 Å². The van der Waals surface area contributed by atoms with Crippen molar-refractivity contribution < 1.29 is 37.4 Å². The summed E-state index contributed by atoms with van der Waals surface area (Å²) in [6.07, 6.45) is 0. The first-order valence-electron chi connectivity index (χ1n) is 27.0. The highest BCUT2D eigenvalue weighted by Gasteiger charge is 2.36. The summed E-state index contributed by atoms with van der Waals surface area (Å²) in [5.41, 5.74) is 15.5. The average Bonchev–Trinajstić information content (AvgIpc) is 4.42. The zero-order valence-corrected chi connectivity index (χ0v) is 43.5. The maximum Gasteiger partial charge on any atom is 0.135 e. The largest absolute Gasteiger partial charge is 0.490 e. The van der Waals surface area contributed by atoms with Gasteiger partial charge in [0.05, 0.1) is 13.2 Å². The van der Waals surface area contributed by atoms with Crippen LogP contribution in [0.1, 0.15) is 23.6 Å². The summed E-state index contributed by atoms with van der Waals surface area (Å²) < 4.78 is 39.3. The molecule has 15 rings (SSSR count). The molecule has 0 bridgehead atoms. The van der Waals surface area contributed by atoms with Crippen molar-refractivity contribution in [2.24, 2.45) is 0 Å². The van der Waals surface area contributed by atoms with E-state index in [0.717, 1.165) is 149 Å². The Labute approximate surface area is 458 Å². The molecule has 4 aromatic heterocycles. The molecular formula is C72H50O8. The monoisotopic (exact) mass is 1040 g/mol. The Morgan fingerprint density at radius 1 is 0.300 bits per heavy atom. The van der Waals surface area contributed by atoms with Gasteiger partial charge in [-0.25, -0.2) is 0 Å². The van der Waals surface area contributed by atoms with Crippen molar-refractivity contribution in [3.63, 3.8) is 0 Å². The lowest BCUT2D eigenvalue weighted by atomic mass is 9.68. The molecule has 0 spiro atoms. The highest BCUT2D eigenvalue weighted by molar-refractivity contribution is 6.10. The summed E-state index contributed by atoms with van der Waals surface area (Å²) in [5, 5.41) is 29.0. The summed E-state index contributed by atoms with van der Waals surface area (Å²) in [5.74, 6) is 1.26. The molecule has 0 saturated heterocycles. The Hall–Kier alpha value is -9.86. The normalized spacial score (nSPS) is 12.1. The minimum atomic E-state index is -0.906. The van der Waals surface area contributed by atoms with Gasteiger partial charge in [-0.05, 0) is 143 Å². The Morgan fingerprint density at radius 3 is 0.875 bits per heavy atom. The van der Waals surface area contributed by atoms with E-state index in [1.807, 2.05) is 97.1 Å². The van der Waals surface area contributed by atoms with E-state index in [1.54, 1.807) is 0 Å². The van der Waals surface area contributed by atoms with Gasteiger partial charge in [0.1, 0.15) is 69.4 Å². The molecule has 80 heavy (non-hydrogen) atoms. The van der Waals surface area contributed by atoms with Crippen molar-refractivity contribution in [3.8, 4) is 56.0 Å². The highest BCUT2D eigenvalue weighted by atomic mass is 16.5. The predicted octanol–water partition coefficient (Wildman–Crippen LogP) is 18.0. The molecule has 11 aromatic carbocycles. The molecular weight excluding hydrogens is 993 g/mol. The zero-order valence-electron chi connectivity index (χ0n) is 43.5. The van der Waals surface area contributed by atoms with E-state index in [2.05, 4.69) is 134 Å². The van der Waals surface area contributed by atoms with E-state index in [1.165, 1.54) is 0 Å². The van der Waals surface area contributed by atoms with Crippen LogP contribution in [0.25, 0.3) is 132 Å². The molecule has 0 aliphatic heterocycles. The molecule has 0 amide bonds. The number of furan rings is 4.